The van der Waals surface area contributed by atoms with Crippen LogP contribution in [0.3, 0.4) is 0 Å². The first-order valence-corrected chi connectivity index (χ1v) is 7.22. The van der Waals surface area contributed by atoms with E-state index in [1.807, 2.05) is 20.8 Å². The Balaban J connectivity index is 1.90. The summed E-state index contributed by atoms with van der Waals surface area (Å²) in [6.07, 6.45) is 4.33. The first-order chi connectivity index (χ1) is 8.89. The monoisotopic (exact) mass is 270 g/mol. The molecule has 1 amide bonds. The molecule has 0 spiro atoms. The normalized spacial score (nSPS) is 27.9. The Hall–Kier alpha value is -0.810. The Labute approximate surface area is 115 Å². The summed E-state index contributed by atoms with van der Waals surface area (Å²) >= 11 is 0. The second kappa shape index (κ2) is 5.67. The molecule has 19 heavy (non-hydrogen) atoms. The number of amides is 1. The van der Waals surface area contributed by atoms with Gasteiger partial charge in [0.05, 0.1) is 18.2 Å². The molecule has 0 aromatic carbocycles. The predicted molar refractivity (Wildman–Crippen MR) is 73.2 cm³/mol. The van der Waals surface area contributed by atoms with Crippen LogP contribution in [0.4, 0.5) is 4.79 Å². The number of ether oxygens (including phenoxy) is 2. The Kier molecular flexibility index (Phi) is 4.36. The van der Waals surface area contributed by atoms with Crippen molar-refractivity contribution in [2.75, 3.05) is 19.7 Å². The molecule has 5 heteroatoms. The van der Waals surface area contributed by atoms with E-state index in [1.54, 1.807) is 0 Å². The van der Waals surface area contributed by atoms with Crippen molar-refractivity contribution in [1.82, 2.24) is 10.6 Å². The van der Waals surface area contributed by atoms with Crippen molar-refractivity contribution in [2.24, 2.45) is 0 Å². The molecule has 1 aliphatic carbocycles. The second-order valence-corrected chi connectivity index (χ2v) is 6.70. The van der Waals surface area contributed by atoms with Crippen molar-refractivity contribution in [3.05, 3.63) is 0 Å². The Bertz CT molecular complexity index is 315. The molecule has 1 unspecified atom stereocenters. The molecule has 0 radical (unpaired) electrons. The van der Waals surface area contributed by atoms with Crippen molar-refractivity contribution in [3.63, 3.8) is 0 Å². The van der Waals surface area contributed by atoms with Crippen LogP contribution in [0.5, 0.6) is 0 Å². The molecule has 110 valence electrons. The van der Waals surface area contributed by atoms with E-state index in [0.29, 0.717) is 12.7 Å². The number of alkyl carbamates (subject to hydrolysis) is 1. The molecule has 2 rings (SSSR count). The lowest BCUT2D eigenvalue weighted by Crippen LogP contribution is -2.61. The van der Waals surface area contributed by atoms with Gasteiger partial charge in [0.2, 0.25) is 0 Å². The van der Waals surface area contributed by atoms with Crippen molar-refractivity contribution >= 4 is 6.09 Å². The molecule has 0 aromatic heterocycles. The third-order valence-electron chi connectivity index (χ3n) is 3.36. The number of rotatable bonds is 4. The summed E-state index contributed by atoms with van der Waals surface area (Å²) < 4.78 is 11.2. The minimum absolute atomic E-state index is 0.316. The molecular weight excluding hydrogens is 244 g/mol. The molecule has 0 bridgehead atoms. The van der Waals surface area contributed by atoms with E-state index in [9.17, 15) is 4.79 Å². The van der Waals surface area contributed by atoms with Gasteiger partial charge in [-0.15, -0.1) is 0 Å². The number of hydrogen-bond acceptors (Lipinski definition) is 4. The Morgan fingerprint density at radius 1 is 1.42 bits per heavy atom. The van der Waals surface area contributed by atoms with E-state index in [2.05, 4.69) is 10.6 Å². The van der Waals surface area contributed by atoms with E-state index >= 15 is 0 Å². The summed E-state index contributed by atoms with van der Waals surface area (Å²) in [4.78, 5) is 12.0. The third kappa shape index (κ3) is 4.99. The van der Waals surface area contributed by atoms with Gasteiger partial charge in [-0.2, -0.15) is 0 Å². The molecule has 5 nitrogen and oxygen atoms in total. The molecule has 1 heterocycles. The second-order valence-electron chi connectivity index (χ2n) is 6.70. The molecule has 2 N–H and O–H groups in total. The summed E-state index contributed by atoms with van der Waals surface area (Å²) in [7, 11) is 0. The molecule has 1 atom stereocenters. The molecule has 1 saturated heterocycles. The topological polar surface area (TPSA) is 59.6 Å². The number of hydrogen-bond donors (Lipinski definition) is 2. The smallest absolute Gasteiger partial charge is 0.408 e. The number of carbonyl (C=O) groups excluding carboxylic acids is 1. The maximum absolute atomic E-state index is 12.0. The van der Waals surface area contributed by atoms with Gasteiger partial charge < -0.3 is 20.1 Å². The van der Waals surface area contributed by atoms with Gasteiger partial charge in [0.1, 0.15) is 5.60 Å². The standard InChI is InChI=1S/C14H26N2O3/c1-13(2,3)19-12(17)16-14(7-4-8-15-9-14)10-18-11-5-6-11/h11,15H,4-10H2,1-3H3,(H,16,17). The highest BCUT2D eigenvalue weighted by molar-refractivity contribution is 5.69. The third-order valence-corrected chi connectivity index (χ3v) is 3.36. The fraction of sp³-hybridized carbons (Fsp3) is 0.929. The van der Waals surface area contributed by atoms with Gasteiger partial charge in [-0.25, -0.2) is 4.79 Å². The highest BCUT2D eigenvalue weighted by atomic mass is 16.6. The molecular formula is C14H26N2O3. The van der Waals surface area contributed by atoms with Crippen LogP contribution in [-0.2, 0) is 9.47 Å². The van der Waals surface area contributed by atoms with Gasteiger partial charge in [0, 0.05) is 6.54 Å². The average Bonchev–Trinajstić information content (AvgIpc) is 3.08. The fourth-order valence-corrected chi connectivity index (χ4v) is 2.27. The summed E-state index contributed by atoms with van der Waals surface area (Å²) in [5, 5.41) is 6.36. The van der Waals surface area contributed by atoms with Crippen LogP contribution in [-0.4, -0.2) is 43.0 Å². The average molecular weight is 270 g/mol. The zero-order valence-electron chi connectivity index (χ0n) is 12.3. The highest BCUT2D eigenvalue weighted by Gasteiger charge is 2.37. The van der Waals surface area contributed by atoms with Crippen molar-refractivity contribution < 1.29 is 14.3 Å². The van der Waals surface area contributed by atoms with Crippen LogP contribution >= 0.6 is 0 Å². The van der Waals surface area contributed by atoms with E-state index < -0.39 is 5.60 Å². The van der Waals surface area contributed by atoms with Crippen molar-refractivity contribution in [1.29, 1.82) is 0 Å². The molecule has 1 saturated carbocycles. The van der Waals surface area contributed by atoms with Crippen LogP contribution in [0, 0.1) is 0 Å². The summed E-state index contributed by atoms with van der Waals surface area (Å²) in [6.45, 7) is 7.95. The largest absolute Gasteiger partial charge is 0.444 e. The summed E-state index contributed by atoms with van der Waals surface area (Å²) in [6, 6.07) is 0. The summed E-state index contributed by atoms with van der Waals surface area (Å²) in [5.74, 6) is 0. The van der Waals surface area contributed by atoms with Gasteiger partial charge >= 0.3 is 6.09 Å². The minimum atomic E-state index is -0.468. The Morgan fingerprint density at radius 2 is 2.16 bits per heavy atom. The predicted octanol–water partition coefficient (Wildman–Crippen LogP) is 1.81. The Morgan fingerprint density at radius 3 is 2.68 bits per heavy atom. The van der Waals surface area contributed by atoms with E-state index in [1.165, 1.54) is 0 Å². The lowest BCUT2D eigenvalue weighted by molar-refractivity contribution is 0.0184. The van der Waals surface area contributed by atoms with Crippen molar-refractivity contribution in [2.45, 2.75) is 63.7 Å². The zero-order valence-corrected chi connectivity index (χ0v) is 12.3. The van der Waals surface area contributed by atoms with Gasteiger partial charge in [-0.1, -0.05) is 0 Å². The van der Waals surface area contributed by atoms with Gasteiger partial charge in [-0.3, -0.25) is 0 Å². The number of carbonyl (C=O) groups is 1. The van der Waals surface area contributed by atoms with E-state index in [4.69, 9.17) is 9.47 Å². The van der Waals surface area contributed by atoms with Crippen molar-refractivity contribution in [3.8, 4) is 0 Å². The van der Waals surface area contributed by atoms with Gasteiger partial charge in [-0.05, 0) is 53.0 Å². The maximum atomic E-state index is 12.0. The van der Waals surface area contributed by atoms with Crippen LogP contribution < -0.4 is 10.6 Å². The molecule has 0 aromatic rings. The maximum Gasteiger partial charge on any atom is 0.408 e. The number of piperidine rings is 1. The van der Waals surface area contributed by atoms with Crippen LogP contribution in [0.2, 0.25) is 0 Å². The van der Waals surface area contributed by atoms with Crippen LogP contribution in [0.15, 0.2) is 0 Å². The lowest BCUT2D eigenvalue weighted by atomic mass is 9.91. The van der Waals surface area contributed by atoms with Gasteiger partial charge in [0.15, 0.2) is 0 Å². The first kappa shape index (κ1) is 14.6. The van der Waals surface area contributed by atoms with E-state index in [0.717, 1.165) is 38.8 Å². The fourth-order valence-electron chi connectivity index (χ4n) is 2.27. The first-order valence-electron chi connectivity index (χ1n) is 7.22. The SMILES string of the molecule is CC(C)(C)OC(=O)NC1(COC2CC2)CCCNC1. The van der Waals surface area contributed by atoms with Gasteiger partial charge in [0.25, 0.3) is 0 Å². The van der Waals surface area contributed by atoms with Crippen LogP contribution in [0.25, 0.3) is 0 Å². The molecule has 1 aliphatic heterocycles. The number of nitrogens with one attached hydrogen (secondary N) is 2. The minimum Gasteiger partial charge on any atom is -0.444 e. The quantitative estimate of drug-likeness (QED) is 0.818. The lowest BCUT2D eigenvalue weighted by Gasteiger charge is -2.38. The highest BCUT2D eigenvalue weighted by Crippen LogP contribution is 2.27. The molecule has 2 aliphatic rings. The van der Waals surface area contributed by atoms with E-state index in [-0.39, 0.29) is 11.6 Å². The molecule has 2 fully saturated rings. The zero-order chi connectivity index (χ0) is 13.9. The summed E-state index contributed by atoms with van der Waals surface area (Å²) in [5.41, 5.74) is -0.784. The van der Waals surface area contributed by atoms with Crippen LogP contribution in [0.1, 0.15) is 46.5 Å².